The minimum Gasteiger partial charge on any atom is -0.463 e. The number of nitrogens with zero attached hydrogens (tertiary/aromatic N) is 2. The van der Waals surface area contributed by atoms with E-state index >= 15 is 0 Å². The molecule has 0 aliphatic carbocycles. The minimum absolute atomic E-state index is 0.114. The summed E-state index contributed by atoms with van der Waals surface area (Å²) in [7, 11) is -7.00. The molecule has 1 saturated heterocycles. The molecule has 22 heavy (non-hydrogen) atoms. The van der Waals surface area contributed by atoms with Crippen molar-refractivity contribution in [2.75, 3.05) is 32.4 Å². The first-order valence-electron chi connectivity index (χ1n) is 6.71. The maximum atomic E-state index is 12.8. The number of piperazine rings is 1. The van der Waals surface area contributed by atoms with Crippen molar-refractivity contribution in [1.82, 2.24) is 8.61 Å². The van der Waals surface area contributed by atoms with E-state index in [2.05, 4.69) is 0 Å². The van der Waals surface area contributed by atoms with Crippen LogP contribution in [0.15, 0.2) is 39.8 Å². The lowest BCUT2D eigenvalue weighted by molar-refractivity contribution is 0.274. The molecule has 1 aliphatic rings. The molecule has 120 valence electrons. The predicted octanol–water partition coefficient (Wildman–Crippen LogP) is 0.699. The zero-order chi connectivity index (χ0) is 16.0. The van der Waals surface area contributed by atoms with Crippen molar-refractivity contribution in [1.29, 1.82) is 0 Å². The normalized spacial score (nSPS) is 18.8. The Bertz CT molecular complexity index is 893. The standard InChI is InChI=1S/C13H16N2O5S2/c1-21(16,17)14-6-8-15(9-7-14)22(18,19)12-4-2-3-11-5-10-20-13(11)12/h2-5,10H,6-9H2,1H3. The summed E-state index contributed by atoms with van der Waals surface area (Å²) in [4.78, 5) is 0.114. The molecule has 0 amide bonds. The average molecular weight is 344 g/mol. The first kappa shape index (κ1) is 15.5. The van der Waals surface area contributed by atoms with Crippen molar-refractivity contribution in [2.24, 2.45) is 0 Å². The van der Waals surface area contributed by atoms with Gasteiger partial charge in [0.25, 0.3) is 0 Å². The second kappa shape index (κ2) is 5.34. The molecular weight excluding hydrogens is 328 g/mol. The molecule has 0 radical (unpaired) electrons. The number of hydrogen-bond donors (Lipinski definition) is 0. The molecule has 9 heteroatoms. The summed E-state index contributed by atoms with van der Waals surface area (Å²) in [5.74, 6) is 0. The van der Waals surface area contributed by atoms with Crippen molar-refractivity contribution in [3.8, 4) is 0 Å². The van der Waals surface area contributed by atoms with E-state index in [-0.39, 0.29) is 31.1 Å². The Labute approximate surface area is 129 Å². The SMILES string of the molecule is CS(=O)(=O)N1CCN(S(=O)(=O)c2cccc3ccoc23)CC1. The topological polar surface area (TPSA) is 87.9 Å². The van der Waals surface area contributed by atoms with Crippen molar-refractivity contribution >= 4 is 31.0 Å². The van der Waals surface area contributed by atoms with Crippen LogP contribution in [0.2, 0.25) is 0 Å². The van der Waals surface area contributed by atoms with Gasteiger partial charge in [0, 0.05) is 31.6 Å². The molecule has 0 bridgehead atoms. The molecule has 7 nitrogen and oxygen atoms in total. The van der Waals surface area contributed by atoms with Crippen LogP contribution in [-0.2, 0) is 20.0 Å². The Morgan fingerprint density at radius 1 is 0.955 bits per heavy atom. The lowest BCUT2D eigenvalue weighted by Gasteiger charge is -2.32. The summed E-state index contributed by atoms with van der Waals surface area (Å²) in [5, 5.41) is 0.718. The van der Waals surface area contributed by atoms with E-state index in [9.17, 15) is 16.8 Å². The number of para-hydroxylation sites is 1. The van der Waals surface area contributed by atoms with Gasteiger partial charge in [0.2, 0.25) is 20.0 Å². The number of fused-ring (bicyclic) bond motifs is 1. The zero-order valence-electron chi connectivity index (χ0n) is 12.0. The molecule has 0 atom stereocenters. The third kappa shape index (κ3) is 2.65. The second-order valence-corrected chi connectivity index (χ2v) is 9.05. The van der Waals surface area contributed by atoms with Crippen molar-refractivity contribution < 1.29 is 21.3 Å². The summed E-state index contributed by atoms with van der Waals surface area (Å²) in [6, 6.07) is 6.65. The summed E-state index contributed by atoms with van der Waals surface area (Å²) in [6.45, 7) is 0.581. The fraction of sp³-hybridized carbons (Fsp3) is 0.385. The first-order chi connectivity index (χ1) is 10.3. The quantitative estimate of drug-likeness (QED) is 0.818. The van der Waals surface area contributed by atoms with Crippen LogP contribution in [0.25, 0.3) is 11.0 Å². The maximum Gasteiger partial charge on any atom is 0.246 e. The lowest BCUT2D eigenvalue weighted by Crippen LogP contribution is -2.50. The smallest absolute Gasteiger partial charge is 0.246 e. The third-order valence-corrected chi connectivity index (χ3v) is 6.95. The minimum atomic E-state index is -3.71. The number of sulfonamides is 2. The maximum absolute atomic E-state index is 12.8. The Morgan fingerprint density at radius 2 is 1.59 bits per heavy atom. The highest BCUT2D eigenvalue weighted by Gasteiger charge is 2.32. The van der Waals surface area contributed by atoms with Crippen LogP contribution in [-0.4, -0.2) is 57.9 Å². The molecule has 3 rings (SSSR count). The van der Waals surface area contributed by atoms with E-state index in [1.165, 1.54) is 20.9 Å². The molecule has 2 heterocycles. The van der Waals surface area contributed by atoms with Crippen molar-refractivity contribution in [3.63, 3.8) is 0 Å². The Hall–Kier alpha value is -1.42. The number of rotatable bonds is 3. The summed E-state index contributed by atoms with van der Waals surface area (Å²) in [5.41, 5.74) is 0.327. The third-order valence-electron chi connectivity index (χ3n) is 3.73. The predicted molar refractivity (Wildman–Crippen MR) is 81.4 cm³/mol. The van der Waals surface area contributed by atoms with Crippen LogP contribution in [0.1, 0.15) is 0 Å². The van der Waals surface area contributed by atoms with Gasteiger partial charge in [-0.05, 0) is 12.1 Å². The largest absolute Gasteiger partial charge is 0.463 e. The second-order valence-electron chi connectivity index (χ2n) is 5.16. The van der Waals surface area contributed by atoms with Gasteiger partial charge in [-0.15, -0.1) is 0 Å². The summed E-state index contributed by atoms with van der Waals surface area (Å²) in [6.07, 6.45) is 2.58. The van der Waals surface area contributed by atoms with E-state index in [4.69, 9.17) is 4.42 Å². The van der Waals surface area contributed by atoms with Crippen molar-refractivity contribution in [2.45, 2.75) is 4.90 Å². The molecule has 0 N–H and O–H groups in total. The van der Waals surface area contributed by atoms with Gasteiger partial charge in [-0.3, -0.25) is 0 Å². The van der Waals surface area contributed by atoms with Gasteiger partial charge < -0.3 is 4.42 Å². The molecule has 1 aliphatic heterocycles. The van der Waals surface area contributed by atoms with E-state index in [0.29, 0.717) is 5.58 Å². The van der Waals surface area contributed by atoms with Gasteiger partial charge in [-0.2, -0.15) is 8.61 Å². The van der Waals surface area contributed by atoms with Gasteiger partial charge in [0.15, 0.2) is 5.58 Å². The van der Waals surface area contributed by atoms with Crippen LogP contribution < -0.4 is 0 Å². The molecule has 0 saturated carbocycles. The highest BCUT2D eigenvalue weighted by atomic mass is 32.2. The van der Waals surface area contributed by atoms with Gasteiger partial charge in [0.05, 0.1) is 12.5 Å². The summed E-state index contributed by atoms with van der Waals surface area (Å²) >= 11 is 0. The fourth-order valence-electron chi connectivity index (χ4n) is 2.55. The van der Waals surface area contributed by atoms with Gasteiger partial charge in [-0.25, -0.2) is 16.8 Å². The van der Waals surface area contributed by atoms with Crippen LogP contribution >= 0.6 is 0 Å². The molecule has 1 aromatic heterocycles. The summed E-state index contributed by atoms with van der Waals surface area (Å²) < 4.78 is 56.4. The van der Waals surface area contributed by atoms with Crippen LogP contribution in [0, 0.1) is 0 Å². The fourth-order valence-corrected chi connectivity index (χ4v) is 4.95. The van der Waals surface area contributed by atoms with Crippen LogP contribution in [0.3, 0.4) is 0 Å². The van der Waals surface area contributed by atoms with Crippen LogP contribution in [0.4, 0.5) is 0 Å². The Kier molecular flexibility index (Phi) is 3.76. The van der Waals surface area contributed by atoms with E-state index in [0.717, 1.165) is 11.6 Å². The molecular formula is C13H16N2O5S2. The van der Waals surface area contributed by atoms with Crippen LogP contribution in [0.5, 0.6) is 0 Å². The number of furan rings is 1. The number of hydrogen-bond acceptors (Lipinski definition) is 5. The highest BCUT2D eigenvalue weighted by molar-refractivity contribution is 7.89. The first-order valence-corrected chi connectivity index (χ1v) is 10.0. The van der Waals surface area contributed by atoms with Gasteiger partial charge >= 0.3 is 0 Å². The van der Waals surface area contributed by atoms with E-state index < -0.39 is 20.0 Å². The number of benzene rings is 1. The monoisotopic (exact) mass is 344 g/mol. The zero-order valence-corrected chi connectivity index (χ0v) is 13.6. The molecule has 2 aromatic rings. The van der Waals surface area contributed by atoms with E-state index in [1.807, 2.05) is 0 Å². The molecule has 0 unspecified atom stereocenters. The molecule has 0 spiro atoms. The molecule has 1 fully saturated rings. The average Bonchev–Trinajstić information content (AvgIpc) is 2.94. The molecule has 1 aromatic carbocycles. The van der Waals surface area contributed by atoms with Gasteiger partial charge in [-0.1, -0.05) is 12.1 Å². The Balaban J connectivity index is 1.90. The van der Waals surface area contributed by atoms with E-state index in [1.54, 1.807) is 18.2 Å². The van der Waals surface area contributed by atoms with Gasteiger partial charge in [0.1, 0.15) is 4.90 Å². The Morgan fingerprint density at radius 3 is 2.23 bits per heavy atom. The lowest BCUT2D eigenvalue weighted by atomic mass is 10.3. The van der Waals surface area contributed by atoms with Crippen molar-refractivity contribution in [3.05, 3.63) is 30.5 Å². The highest BCUT2D eigenvalue weighted by Crippen LogP contribution is 2.27.